The molecule has 2 aromatic carbocycles. The van der Waals surface area contributed by atoms with Gasteiger partial charge in [0, 0.05) is 32.8 Å². The van der Waals surface area contributed by atoms with Crippen LogP contribution in [0.2, 0.25) is 20.1 Å². The van der Waals surface area contributed by atoms with E-state index in [1.165, 1.54) is 24.3 Å². The zero-order valence-electron chi connectivity index (χ0n) is 24.3. The van der Waals surface area contributed by atoms with Crippen molar-refractivity contribution in [1.82, 2.24) is 0 Å². The number of ether oxygens (including phenoxy) is 2. The average molecular weight is 696 g/mol. The second-order valence-corrected chi connectivity index (χ2v) is 11.5. The van der Waals surface area contributed by atoms with Gasteiger partial charge in [0.05, 0.1) is 37.6 Å². The third-order valence-corrected chi connectivity index (χ3v) is 7.56. The average Bonchev–Trinajstić information content (AvgIpc) is 2.93. The van der Waals surface area contributed by atoms with Crippen LogP contribution < -0.4 is 0 Å². The lowest BCUT2D eigenvalue weighted by atomic mass is 10.2. The summed E-state index contributed by atoms with van der Waals surface area (Å²) in [7, 11) is -3.09. The maximum absolute atomic E-state index is 11.9. The number of halogens is 4. The third kappa shape index (κ3) is 19.5. The first-order valence-corrected chi connectivity index (χ1v) is 16.3. The van der Waals surface area contributed by atoms with E-state index in [2.05, 4.69) is 4.74 Å². The Morgan fingerprint density at radius 2 is 1.21 bits per heavy atom. The fourth-order valence-electron chi connectivity index (χ4n) is 2.72. The van der Waals surface area contributed by atoms with Crippen LogP contribution in [0.1, 0.15) is 43.6 Å². The van der Waals surface area contributed by atoms with Gasteiger partial charge >= 0.3 is 19.5 Å². The highest BCUT2D eigenvalue weighted by molar-refractivity contribution is 7.54. The summed E-state index contributed by atoms with van der Waals surface area (Å²) in [4.78, 5) is 32.2. The van der Waals surface area contributed by atoms with Gasteiger partial charge in [0.1, 0.15) is 0 Å². The number of benzene rings is 2. The number of aldehydes is 1. The summed E-state index contributed by atoms with van der Waals surface area (Å²) in [5.74, 6) is -0.818. The van der Waals surface area contributed by atoms with Crippen LogP contribution in [0.15, 0.2) is 66.8 Å². The molecule has 0 atom stereocenters. The molecule has 0 radical (unpaired) electrons. The lowest BCUT2D eigenvalue weighted by molar-refractivity contribution is -0.138. The first-order chi connectivity index (χ1) is 20.4. The molecular weight excluding hydrogens is 661 g/mol. The molecule has 0 saturated heterocycles. The van der Waals surface area contributed by atoms with Crippen LogP contribution in [-0.4, -0.2) is 50.8 Å². The molecule has 0 fully saturated rings. The molecule has 0 heterocycles. The van der Waals surface area contributed by atoms with Crippen molar-refractivity contribution >= 4 is 78.3 Å². The van der Waals surface area contributed by atoms with Crippen molar-refractivity contribution in [2.45, 2.75) is 27.7 Å². The Labute approximate surface area is 273 Å². The molecule has 0 unspecified atom stereocenters. The number of esters is 2. The van der Waals surface area contributed by atoms with Crippen molar-refractivity contribution in [2.75, 3.05) is 32.6 Å². The number of rotatable bonds is 13. The summed E-state index contributed by atoms with van der Waals surface area (Å²) < 4.78 is 31.4. The third-order valence-electron chi connectivity index (χ3n) is 4.48. The summed E-state index contributed by atoms with van der Waals surface area (Å²) in [6.45, 7) is 8.26. The number of hydrogen-bond donors (Lipinski definition) is 0. The van der Waals surface area contributed by atoms with Crippen molar-refractivity contribution in [3.63, 3.8) is 0 Å². The van der Waals surface area contributed by atoms with Gasteiger partial charge < -0.3 is 18.5 Å². The molecule has 0 aromatic heterocycles. The van der Waals surface area contributed by atoms with E-state index in [9.17, 15) is 18.9 Å². The van der Waals surface area contributed by atoms with Gasteiger partial charge in [0.15, 0.2) is 6.29 Å². The second-order valence-electron chi connectivity index (χ2n) is 7.70. The van der Waals surface area contributed by atoms with Crippen LogP contribution in [0.3, 0.4) is 0 Å². The van der Waals surface area contributed by atoms with Gasteiger partial charge in [-0.2, -0.15) is 0 Å². The normalized spacial score (nSPS) is 11.1. The standard InChI is InChI=1S/C13H12Cl2O2.C10H19O5P.C7H4Cl2O/c1-2-17-13(16)6-4-3-5-10-7-8-11(14)9-12(10)15;1-4-13-10(11)8-7-9-16(12,14-5-2)15-6-3;8-6-2-1-5(4-10)7(9)3-6/h3-9H,2H2,1H3;7-8H,4-6,9H2,1-3H3;1-4H/b5-3+,6-4+;8-7+;. The predicted octanol–water partition coefficient (Wildman–Crippen LogP) is 9.30. The fraction of sp³-hybridized carbons (Fsp3) is 0.300. The van der Waals surface area contributed by atoms with Gasteiger partial charge in [0.25, 0.3) is 0 Å². The van der Waals surface area contributed by atoms with E-state index in [0.29, 0.717) is 58.4 Å². The van der Waals surface area contributed by atoms with E-state index in [0.717, 1.165) is 5.56 Å². The van der Waals surface area contributed by atoms with Gasteiger partial charge in [-0.15, -0.1) is 0 Å². The van der Waals surface area contributed by atoms with Crippen molar-refractivity contribution in [3.05, 3.63) is 98.0 Å². The van der Waals surface area contributed by atoms with Crippen LogP contribution in [-0.2, 0) is 32.7 Å². The lowest BCUT2D eigenvalue weighted by Crippen LogP contribution is -2.01. The molecule has 2 rings (SSSR count). The molecule has 0 bridgehead atoms. The summed E-state index contributed by atoms with van der Waals surface area (Å²) in [6.07, 6.45) is 9.90. The Hall–Kier alpha value is -2.42. The molecule has 0 amide bonds. The highest BCUT2D eigenvalue weighted by atomic mass is 35.5. The molecular formula is C30H35Cl4O8P. The molecule has 43 heavy (non-hydrogen) atoms. The van der Waals surface area contributed by atoms with Gasteiger partial charge in [-0.05, 0) is 63.6 Å². The quantitative estimate of drug-likeness (QED) is 0.0671. The number of allylic oxidation sites excluding steroid dienone is 3. The van der Waals surface area contributed by atoms with Crippen molar-refractivity contribution in [2.24, 2.45) is 0 Å². The maximum Gasteiger partial charge on any atom is 0.334 e. The van der Waals surface area contributed by atoms with Crippen LogP contribution in [0, 0.1) is 0 Å². The summed E-state index contributed by atoms with van der Waals surface area (Å²) >= 11 is 22.9. The molecule has 0 aliphatic carbocycles. The van der Waals surface area contributed by atoms with Crippen LogP contribution in [0.25, 0.3) is 6.08 Å². The minimum atomic E-state index is -3.09. The first-order valence-electron chi connectivity index (χ1n) is 13.0. The number of hydrogen-bond acceptors (Lipinski definition) is 8. The maximum atomic E-state index is 11.9. The van der Waals surface area contributed by atoms with Crippen LogP contribution in [0.5, 0.6) is 0 Å². The summed E-state index contributed by atoms with van der Waals surface area (Å²) in [5.41, 5.74) is 1.30. The first kappa shape index (κ1) is 40.6. The topological polar surface area (TPSA) is 105 Å². The van der Waals surface area contributed by atoms with Gasteiger partial charge in [0.2, 0.25) is 0 Å². The lowest BCUT2D eigenvalue weighted by Gasteiger charge is -2.14. The Morgan fingerprint density at radius 3 is 1.65 bits per heavy atom. The van der Waals surface area contributed by atoms with Crippen LogP contribution in [0.4, 0.5) is 0 Å². The second kappa shape index (κ2) is 24.0. The molecule has 0 spiro atoms. The van der Waals surface area contributed by atoms with Gasteiger partial charge in [-0.3, -0.25) is 9.36 Å². The molecule has 236 valence electrons. The zero-order valence-corrected chi connectivity index (χ0v) is 28.2. The Balaban J connectivity index is 0.000000635. The Bertz CT molecular complexity index is 1280. The summed E-state index contributed by atoms with van der Waals surface area (Å²) in [6, 6.07) is 9.96. The Kier molecular flexibility index (Phi) is 22.6. The van der Waals surface area contributed by atoms with E-state index in [1.807, 2.05) is 0 Å². The van der Waals surface area contributed by atoms with Crippen molar-refractivity contribution in [3.8, 4) is 0 Å². The van der Waals surface area contributed by atoms with Crippen LogP contribution >= 0.6 is 54.0 Å². The van der Waals surface area contributed by atoms with E-state index in [1.54, 1.807) is 76.3 Å². The minimum absolute atomic E-state index is 0.0769. The molecule has 0 N–H and O–H groups in total. The van der Waals surface area contributed by atoms with Gasteiger partial charge in [-0.1, -0.05) is 76.8 Å². The number of carbonyl (C=O) groups is 3. The zero-order chi connectivity index (χ0) is 32.7. The van der Waals surface area contributed by atoms with E-state index in [4.69, 9.17) is 60.2 Å². The smallest absolute Gasteiger partial charge is 0.334 e. The van der Waals surface area contributed by atoms with Crippen molar-refractivity contribution < 1.29 is 37.5 Å². The molecule has 0 saturated carbocycles. The monoisotopic (exact) mass is 694 g/mol. The van der Waals surface area contributed by atoms with E-state index < -0.39 is 13.6 Å². The van der Waals surface area contributed by atoms with Crippen molar-refractivity contribution in [1.29, 1.82) is 0 Å². The molecule has 0 aliphatic heterocycles. The molecule has 2 aromatic rings. The van der Waals surface area contributed by atoms with Gasteiger partial charge in [-0.25, -0.2) is 9.59 Å². The SMILES string of the molecule is CCOC(=O)/C=C/C=C/c1ccc(Cl)cc1Cl.CCOC(=O)/C=C/CP(=O)(OCC)OCC.O=Cc1ccc(Cl)cc1Cl. The minimum Gasteiger partial charge on any atom is -0.463 e. The Morgan fingerprint density at radius 1 is 0.721 bits per heavy atom. The van der Waals surface area contributed by atoms with E-state index >= 15 is 0 Å². The summed E-state index contributed by atoms with van der Waals surface area (Å²) in [5, 5.41) is 2.09. The highest BCUT2D eigenvalue weighted by Gasteiger charge is 2.21. The number of carbonyl (C=O) groups excluding carboxylic acids is 3. The molecule has 0 aliphatic rings. The largest absolute Gasteiger partial charge is 0.463 e. The highest BCUT2D eigenvalue weighted by Crippen LogP contribution is 2.47. The molecule has 8 nitrogen and oxygen atoms in total. The fourth-order valence-corrected chi connectivity index (χ4v) is 5.08. The van der Waals surface area contributed by atoms with E-state index in [-0.39, 0.29) is 12.1 Å². The predicted molar refractivity (Wildman–Crippen MR) is 175 cm³/mol. The molecule has 13 heteroatoms.